The van der Waals surface area contributed by atoms with Crippen LogP contribution in [0, 0.1) is 11.8 Å². The van der Waals surface area contributed by atoms with Gasteiger partial charge in [0.05, 0.1) is 17.6 Å². The topological polar surface area (TPSA) is 66.8 Å². The Labute approximate surface area is 138 Å². The number of amides is 1. The van der Waals surface area contributed by atoms with Crippen molar-refractivity contribution in [2.24, 2.45) is 11.8 Å². The van der Waals surface area contributed by atoms with Crippen molar-refractivity contribution < 1.29 is 19.4 Å². The number of halogens is 1. The number of ether oxygens (including phenoxy) is 1. The summed E-state index contributed by atoms with van der Waals surface area (Å²) in [5.41, 5.74) is 0.468. The molecule has 1 aliphatic heterocycles. The molecule has 1 amide bonds. The highest BCUT2D eigenvalue weighted by atomic mass is 79.9. The molecule has 2 atom stereocenters. The molecule has 5 nitrogen and oxygen atoms in total. The largest absolute Gasteiger partial charge is 0.490 e. The smallest absolute Gasteiger partial charge is 0.308 e. The predicted octanol–water partition coefficient (Wildman–Crippen LogP) is 3.03. The number of carbonyl (C=O) groups excluding carboxylic acids is 1. The number of benzene rings is 1. The second-order valence-corrected chi connectivity index (χ2v) is 6.85. The van der Waals surface area contributed by atoms with E-state index in [9.17, 15) is 14.7 Å². The summed E-state index contributed by atoms with van der Waals surface area (Å²) in [7, 11) is 0. The first-order valence-corrected chi connectivity index (χ1v) is 8.07. The summed E-state index contributed by atoms with van der Waals surface area (Å²) >= 11 is 3.37. The summed E-state index contributed by atoms with van der Waals surface area (Å²) in [6, 6.07) is 5.26. The van der Waals surface area contributed by atoms with Crippen LogP contribution in [0.15, 0.2) is 22.7 Å². The molecule has 1 aromatic rings. The van der Waals surface area contributed by atoms with Crippen LogP contribution in [0.3, 0.4) is 0 Å². The van der Waals surface area contributed by atoms with Gasteiger partial charge in [0.1, 0.15) is 5.75 Å². The highest BCUT2D eigenvalue weighted by Gasteiger charge is 2.37. The van der Waals surface area contributed by atoms with E-state index in [-0.39, 0.29) is 24.5 Å². The summed E-state index contributed by atoms with van der Waals surface area (Å²) in [6.45, 7) is 6.35. The van der Waals surface area contributed by atoms with Crippen LogP contribution in [0.25, 0.3) is 0 Å². The normalized spacial score (nSPS) is 21.2. The molecular weight excluding hydrogens is 350 g/mol. The Morgan fingerprint density at radius 1 is 1.36 bits per heavy atom. The Kier molecular flexibility index (Phi) is 5.11. The van der Waals surface area contributed by atoms with E-state index in [1.807, 2.05) is 20.8 Å². The maximum absolute atomic E-state index is 12.7. The van der Waals surface area contributed by atoms with Gasteiger partial charge in [-0.25, -0.2) is 0 Å². The van der Waals surface area contributed by atoms with Crippen LogP contribution >= 0.6 is 15.9 Å². The van der Waals surface area contributed by atoms with E-state index < -0.39 is 11.9 Å². The van der Waals surface area contributed by atoms with Crippen molar-refractivity contribution in [3.05, 3.63) is 28.2 Å². The second-order valence-electron chi connectivity index (χ2n) is 5.94. The van der Waals surface area contributed by atoms with Crippen molar-refractivity contribution in [1.29, 1.82) is 0 Å². The SMILES string of the molecule is CC(C)Oc1cc(Br)ccc1C(=O)N1C[C@@H](C)[C@H](C(=O)O)C1. The van der Waals surface area contributed by atoms with Gasteiger partial charge in [0.15, 0.2) is 0 Å². The Hall–Kier alpha value is -1.56. The van der Waals surface area contributed by atoms with Gasteiger partial charge >= 0.3 is 5.97 Å². The molecule has 0 unspecified atom stereocenters. The molecular formula is C16H20BrNO4. The lowest BCUT2D eigenvalue weighted by molar-refractivity contribution is -0.142. The number of hydrogen-bond donors (Lipinski definition) is 1. The van der Waals surface area contributed by atoms with Gasteiger partial charge in [0.2, 0.25) is 0 Å². The number of carbonyl (C=O) groups is 2. The van der Waals surface area contributed by atoms with Gasteiger partial charge in [-0.1, -0.05) is 22.9 Å². The highest BCUT2D eigenvalue weighted by molar-refractivity contribution is 9.10. The van der Waals surface area contributed by atoms with Crippen molar-refractivity contribution in [2.75, 3.05) is 13.1 Å². The third-order valence-corrected chi connectivity index (χ3v) is 4.25. The zero-order chi connectivity index (χ0) is 16.4. The monoisotopic (exact) mass is 369 g/mol. The molecule has 1 fully saturated rings. The Balaban J connectivity index is 2.25. The molecule has 1 N–H and O–H groups in total. The Morgan fingerprint density at radius 3 is 2.59 bits per heavy atom. The molecule has 120 valence electrons. The van der Waals surface area contributed by atoms with Crippen LogP contribution in [-0.2, 0) is 4.79 Å². The second kappa shape index (κ2) is 6.69. The van der Waals surface area contributed by atoms with Crippen molar-refractivity contribution in [1.82, 2.24) is 4.90 Å². The van der Waals surface area contributed by atoms with Gasteiger partial charge in [0, 0.05) is 17.6 Å². The maximum atomic E-state index is 12.7. The molecule has 0 saturated carbocycles. The first kappa shape index (κ1) is 16.8. The number of hydrogen-bond acceptors (Lipinski definition) is 3. The fraction of sp³-hybridized carbons (Fsp3) is 0.500. The molecule has 0 radical (unpaired) electrons. The van der Waals surface area contributed by atoms with E-state index in [0.29, 0.717) is 17.9 Å². The van der Waals surface area contributed by atoms with Crippen LogP contribution < -0.4 is 4.74 Å². The molecule has 0 aliphatic carbocycles. The summed E-state index contributed by atoms with van der Waals surface area (Å²) in [6.07, 6.45) is -0.0508. The molecule has 22 heavy (non-hydrogen) atoms. The average Bonchev–Trinajstić information content (AvgIpc) is 2.80. The van der Waals surface area contributed by atoms with E-state index in [4.69, 9.17) is 4.74 Å². The maximum Gasteiger partial charge on any atom is 0.308 e. The van der Waals surface area contributed by atoms with E-state index in [2.05, 4.69) is 15.9 Å². The van der Waals surface area contributed by atoms with Crippen LogP contribution in [0.4, 0.5) is 0 Å². The number of likely N-dealkylation sites (tertiary alicyclic amines) is 1. The van der Waals surface area contributed by atoms with Gasteiger partial charge in [-0.2, -0.15) is 0 Å². The molecule has 6 heteroatoms. The first-order chi connectivity index (χ1) is 10.3. The lowest BCUT2D eigenvalue weighted by Gasteiger charge is -2.19. The third kappa shape index (κ3) is 3.61. The fourth-order valence-corrected chi connectivity index (χ4v) is 2.99. The summed E-state index contributed by atoms with van der Waals surface area (Å²) < 4.78 is 6.55. The number of nitrogens with zero attached hydrogens (tertiary/aromatic N) is 1. The van der Waals surface area contributed by atoms with Crippen molar-refractivity contribution in [3.8, 4) is 5.75 Å². The molecule has 0 spiro atoms. The quantitative estimate of drug-likeness (QED) is 0.885. The van der Waals surface area contributed by atoms with Crippen molar-refractivity contribution in [3.63, 3.8) is 0 Å². The molecule has 0 bridgehead atoms. The molecule has 1 aromatic carbocycles. The molecule has 0 aromatic heterocycles. The zero-order valence-electron chi connectivity index (χ0n) is 12.9. The first-order valence-electron chi connectivity index (χ1n) is 7.28. The summed E-state index contributed by atoms with van der Waals surface area (Å²) in [4.78, 5) is 25.5. The van der Waals surface area contributed by atoms with Gasteiger partial charge < -0.3 is 14.7 Å². The Bertz CT molecular complexity index is 588. The minimum Gasteiger partial charge on any atom is -0.490 e. The number of aliphatic carboxylic acids is 1. The lowest BCUT2D eigenvalue weighted by atomic mass is 9.99. The van der Waals surface area contributed by atoms with E-state index >= 15 is 0 Å². The average molecular weight is 370 g/mol. The van der Waals surface area contributed by atoms with Gasteiger partial charge in [-0.05, 0) is 38.0 Å². The van der Waals surface area contributed by atoms with E-state index in [0.717, 1.165) is 4.47 Å². The predicted molar refractivity (Wildman–Crippen MR) is 86.1 cm³/mol. The zero-order valence-corrected chi connectivity index (χ0v) is 14.5. The molecule has 1 aliphatic rings. The van der Waals surface area contributed by atoms with E-state index in [1.165, 1.54) is 0 Å². The van der Waals surface area contributed by atoms with Crippen LogP contribution in [0.5, 0.6) is 5.75 Å². The van der Waals surface area contributed by atoms with Crippen LogP contribution in [0.1, 0.15) is 31.1 Å². The summed E-state index contributed by atoms with van der Waals surface area (Å²) in [5.74, 6) is -1.07. The standard InChI is InChI=1S/C16H20BrNO4/c1-9(2)22-14-6-11(17)4-5-12(14)15(19)18-7-10(3)13(8-18)16(20)21/h4-6,9-10,13H,7-8H2,1-3H3,(H,20,21)/t10-,13-/m1/s1. The highest BCUT2D eigenvalue weighted by Crippen LogP contribution is 2.30. The fourth-order valence-electron chi connectivity index (χ4n) is 2.65. The molecule has 1 heterocycles. The van der Waals surface area contributed by atoms with E-state index in [1.54, 1.807) is 23.1 Å². The Morgan fingerprint density at radius 2 is 2.05 bits per heavy atom. The molecule has 2 rings (SSSR count). The van der Waals surface area contributed by atoms with Crippen LogP contribution in [0.2, 0.25) is 0 Å². The van der Waals surface area contributed by atoms with Gasteiger partial charge in [-0.15, -0.1) is 0 Å². The minimum absolute atomic E-state index is 0.0497. The third-order valence-electron chi connectivity index (χ3n) is 3.75. The van der Waals surface area contributed by atoms with Crippen LogP contribution in [-0.4, -0.2) is 41.1 Å². The summed E-state index contributed by atoms with van der Waals surface area (Å²) in [5, 5.41) is 9.19. The molecule has 1 saturated heterocycles. The van der Waals surface area contributed by atoms with Gasteiger partial charge in [0.25, 0.3) is 5.91 Å². The lowest BCUT2D eigenvalue weighted by Crippen LogP contribution is -2.30. The number of carboxylic acid groups (broad SMARTS) is 1. The number of rotatable bonds is 4. The van der Waals surface area contributed by atoms with Gasteiger partial charge in [-0.3, -0.25) is 9.59 Å². The van der Waals surface area contributed by atoms with Crippen molar-refractivity contribution in [2.45, 2.75) is 26.9 Å². The van der Waals surface area contributed by atoms with Crippen molar-refractivity contribution >= 4 is 27.8 Å². The number of carboxylic acids is 1. The minimum atomic E-state index is -0.850.